The van der Waals surface area contributed by atoms with Crippen LogP contribution in [0.3, 0.4) is 0 Å². The Morgan fingerprint density at radius 2 is 1.64 bits per heavy atom. The topological polar surface area (TPSA) is 137 Å². The second-order valence-electron chi connectivity index (χ2n) is 6.77. The Hall–Kier alpha value is -4.18. The number of benzene rings is 2. The van der Waals surface area contributed by atoms with E-state index in [9.17, 15) is 19.2 Å². The summed E-state index contributed by atoms with van der Waals surface area (Å²) in [6, 6.07) is 17.1. The molecule has 9 nitrogen and oxygen atoms in total. The van der Waals surface area contributed by atoms with Crippen LogP contribution in [0.5, 0.6) is 11.5 Å². The molecule has 0 radical (unpaired) electrons. The number of carbonyl (C=O) groups excluding carboxylic acids is 4. The van der Waals surface area contributed by atoms with Crippen LogP contribution >= 0.6 is 11.3 Å². The summed E-state index contributed by atoms with van der Waals surface area (Å²) in [5.74, 6) is -1.37. The highest BCUT2D eigenvalue weighted by atomic mass is 32.1. The molecule has 0 saturated heterocycles. The van der Waals surface area contributed by atoms with Crippen LogP contribution in [0.4, 0.5) is 5.00 Å². The first-order valence-electron chi connectivity index (χ1n) is 9.82. The minimum Gasteiger partial charge on any atom is -0.457 e. The number of carbonyl (C=O) groups is 4. The first-order chi connectivity index (χ1) is 15.8. The zero-order chi connectivity index (χ0) is 23.8. The third-order valence-electron chi connectivity index (χ3n) is 4.33. The fraction of sp³-hybridized carbons (Fsp3) is 0.130. The lowest BCUT2D eigenvalue weighted by atomic mass is 10.2. The monoisotopic (exact) mass is 467 g/mol. The van der Waals surface area contributed by atoms with E-state index < -0.39 is 36.3 Å². The van der Waals surface area contributed by atoms with Crippen LogP contribution in [0.15, 0.2) is 66.0 Å². The van der Waals surface area contributed by atoms with Crippen molar-refractivity contribution in [2.45, 2.75) is 13.0 Å². The standard InChI is InChI=1S/C23H21N3O6S/c1-14(21(29)26-23-18(20(24)28)11-12-33-23)31-19(27)13-25-22(30)15-7-9-17(10-8-15)32-16-5-3-2-4-6-16/h2-12,14H,13H2,1H3,(H2,24,28)(H,25,30)(H,26,29). The van der Waals surface area contributed by atoms with Crippen LogP contribution in [0.1, 0.15) is 27.6 Å². The average molecular weight is 468 g/mol. The SMILES string of the molecule is CC(OC(=O)CNC(=O)c1ccc(Oc2ccccc2)cc1)C(=O)Nc1sccc1C(N)=O. The van der Waals surface area contributed by atoms with Crippen molar-refractivity contribution in [3.8, 4) is 11.5 Å². The quantitative estimate of drug-likeness (QED) is 0.414. The zero-order valence-corrected chi connectivity index (χ0v) is 18.4. The fourth-order valence-electron chi connectivity index (χ4n) is 2.66. The van der Waals surface area contributed by atoms with Crippen LogP contribution < -0.4 is 21.1 Å². The van der Waals surface area contributed by atoms with Gasteiger partial charge in [0.1, 0.15) is 23.0 Å². The smallest absolute Gasteiger partial charge is 0.326 e. The number of nitrogens with one attached hydrogen (secondary N) is 2. The van der Waals surface area contributed by atoms with Crippen molar-refractivity contribution < 1.29 is 28.7 Å². The maximum Gasteiger partial charge on any atom is 0.326 e. The van der Waals surface area contributed by atoms with Crippen LogP contribution in [-0.4, -0.2) is 36.3 Å². The summed E-state index contributed by atoms with van der Waals surface area (Å²) in [6.45, 7) is 0.947. The van der Waals surface area contributed by atoms with Gasteiger partial charge >= 0.3 is 5.97 Å². The molecule has 170 valence electrons. The van der Waals surface area contributed by atoms with Crippen molar-refractivity contribution in [3.05, 3.63) is 77.2 Å². The molecule has 3 amide bonds. The molecule has 1 atom stereocenters. The Morgan fingerprint density at radius 1 is 0.970 bits per heavy atom. The lowest BCUT2D eigenvalue weighted by molar-refractivity contribution is -0.152. The summed E-state index contributed by atoms with van der Waals surface area (Å²) < 4.78 is 10.7. The van der Waals surface area contributed by atoms with E-state index in [0.717, 1.165) is 11.3 Å². The molecule has 10 heteroatoms. The first kappa shape index (κ1) is 23.5. The van der Waals surface area contributed by atoms with Crippen molar-refractivity contribution >= 4 is 40.0 Å². The molecule has 1 aromatic heterocycles. The van der Waals surface area contributed by atoms with Crippen LogP contribution in [-0.2, 0) is 14.3 Å². The second-order valence-corrected chi connectivity index (χ2v) is 7.69. The van der Waals surface area contributed by atoms with Crippen LogP contribution in [0.25, 0.3) is 0 Å². The minimum atomic E-state index is -1.15. The van der Waals surface area contributed by atoms with Gasteiger partial charge in [0.15, 0.2) is 6.10 Å². The number of anilines is 1. The van der Waals surface area contributed by atoms with Crippen molar-refractivity contribution in [1.29, 1.82) is 0 Å². The van der Waals surface area contributed by atoms with E-state index in [1.165, 1.54) is 13.0 Å². The predicted octanol–water partition coefficient (Wildman–Crippen LogP) is 2.94. The Bertz CT molecular complexity index is 1140. The molecule has 3 aromatic rings. The summed E-state index contributed by atoms with van der Waals surface area (Å²) in [5, 5.41) is 6.80. The molecular formula is C23H21N3O6S. The van der Waals surface area contributed by atoms with E-state index in [2.05, 4.69) is 10.6 Å². The summed E-state index contributed by atoms with van der Waals surface area (Å²) in [7, 11) is 0. The largest absolute Gasteiger partial charge is 0.457 e. The van der Waals surface area contributed by atoms with E-state index in [1.54, 1.807) is 29.6 Å². The van der Waals surface area contributed by atoms with E-state index >= 15 is 0 Å². The van der Waals surface area contributed by atoms with Gasteiger partial charge < -0.3 is 25.8 Å². The highest BCUT2D eigenvalue weighted by molar-refractivity contribution is 7.14. The number of thiophene rings is 1. The van der Waals surface area contributed by atoms with Gasteiger partial charge in [-0.2, -0.15) is 0 Å². The molecule has 33 heavy (non-hydrogen) atoms. The van der Waals surface area contributed by atoms with Crippen molar-refractivity contribution in [2.24, 2.45) is 5.73 Å². The molecule has 0 aliphatic rings. The summed E-state index contributed by atoms with van der Waals surface area (Å²) in [4.78, 5) is 47.8. The second kappa shape index (κ2) is 10.9. The molecule has 4 N–H and O–H groups in total. The van der Waals surface area contributed by atoms with E-state index in [1.807, 2.05) is 30.3 Å². The molecule has 0 aliphatic heterocycles. The number of nitrogens with two attached hydrogens (primary N) is 1. The number of amides is 3. The number of hydrogen-bond acceptors (Lipinski definition) is 7. The molecule has 0 spiro atoms. The number of rotatable bonds is 9. The number of para-hydroxylation sites is 1. The number of primary amides is 1. The number of esters is 1. The normalized spacial score (nSPS) is 11.2. The molecule has 0 saturated carbocycles. The third kappa shape index (κ3) is 6.65. The summed E-state index contributed by atoms with van der Waals surface area (Å²) in [5.41, 5.74) is 5.72. The maximum absolute atomic E-state index is 12.3. The van der Waals surface area contributed by atoms with Gasteiger partial charge in [0.2, 0.25) is 0 Å². The molecule has 2 aromatic carbocycles. The van der Waals surface area contributed by atoms with Crippen molar-refractivity contribution in [1.82, 2.24) is 5.32 Å². The fourth-order valence-corrected chi connectivity index (χ4v) is 3.45. The van der Waals surface area contributed by atoms with Crippen molar-refractivity contribution in [3.63, 3.8) is 0 Å². The highest BCUT2D eigenvalue weighted by Crippen LogP contribution is 2.23. The maximum atomic E-state index is 12.3. The summed E-state index contributed by atoms with van der Waals surface area (Å²) >= 11 is 1.12. The Kier molecular flexibility index (Phi) is 7.77. The number of ether oxygens (including phenoxy) is 2. The molecular weight excluding hydrogens is 446 g/mol. The van der Waals surface area contributed by atoms with Gasteiger partial charge in [-0.05, 0) is 54.8 Å². The van der Waals surface area contributed by atoms with Gasteiger partial charge in [0, 0.05) is 5.56 Å². The lowest BCUT2D eigenvalue weighted by Gasteiger charge is -2.13. The first-order valence-corrected chi connectivity index (χ1v) is 10.7. The van der Waals surface area contributed by atoms with E-state index in [0.29, 0.717) is 17.1 Å². The van der Waals surface area contributed by atoms with Gasteiger partial charge in [-0.25, -0.2) is 0 Å². The zero-order valence-electron chi connectivity index (χ0n) is 17.6. The van der Waals surface area contributed by atoms with Gasteiger partial charge in [0.05, 0.1) is 5.56 Å². The molecule has 3 rings (SSSR count). The van der Waals surface area contributed by atoms with Crippen molar-refractivity contribution in [2.75, 3.05) is 11.9 Å². The van der Waals surface area contributed by atoms with Gasteiger partial charge in [0.25, 0.3) is 17.7 Å². The van der Waals surface area contributed by atoms with Crippen LogP contribution in [0, 0.1) is 0 Å². The summed E-state index contributed by atoms with van der Waals surface area (Å²) in [6.07, 6.45) is -1.15. The van der Waals surface area contributed by atoms with Gasteiger partial charge in [-0.3, -0.25) is 19.2 Å². The number of hydrogen-bond donors (Lipinski definition) is 3. The van der Waals surface area contributed by atoms with E-state index in [-0.39, 0.29) is 10.6 Å². The molecule has 1 unspecified atom stereocenters. The average Bonchev–Trinajstić information content (AvgIpc) is 3.27. The van der Waals surface area contributed by atoms with E-state index in [4.69, 9.17) is 15.2 Å². The predicted molar refractivity (Wildman–Crippen MR) is 122 cm³/mol. The molecule has 1 heterocycles. The Balaban J connectivity index is 1.45. The van der Waals surface area contributed by atoms with Crippen LogP contribution in [0.2, 0.25) is 0 Å². The third-order valence-corrected chi connectivity index (χ3v) is 5.16. The Morgan fingerprint density at radius 3 is 2.30 bits per heavy atom. The minimum absolute atomic E-state index is 0.166. The van der Waals surface area contributed by atoms with Gasteiger partial charge in [-0.15, -0.1) is 11.3 Å². The lowest BCUT2D eigenvalue weighted by Crippen LogP contribution is -2.36. The molecule has 0 fully saturated rings. The van der Waals surface area contributed by atoms with Gasteiger partial charge in [-0.1, -0.05) is 18.2 Å². The molecule has 0 bridgehead atoms. The Labute approximate surface area is 193 Å². The highest BCUT2D eigenvalue weighted by Gasteiger charge is 2.21. The molecule has 0 aliphatic carbocycles.